The van der Waals surface area contributed by atoms with E-state index < -0.39 is 12.1 Å². The van der Waals surface area contributed by atoms with Gasteiger partial charge in [0.15, 0.2) is 0 Å². The van der Waals surface area contributed by atoms with Crippen LogP contribution in [0.2, 0.25) is 0 Å². The number of rotatable bonds is 4. The fourth-order valence-corrected chi connectivity index (χ4v) is 1.28. The van der Waals surface area contributed by atoms with E-state index in [1.807, 2.05) is 0 Å². The molecule has 0 saturated heterocycles. The number of aromatic nitrogens is 1. The van der Waals surface area contributed by atoms with Gasteiger partial charge in [0.1, 0.15) is 0 Å². The lowest BCUT2D eigenvalue weighted by Crippen LogP contribution is -2.25. The first-order valence-corrected chi connectivity index (χ1v) is 5.71. The molecule has 0 aliphatic heterocycles. The van der Waals surface area contributed by atoms with Gasteiger partial charge in [0.2, 0.25) is 5.91 Å². The molecule has 5 nitrogen and oxygen atoms in total. The van der Waals surface area contributed by atoms with Crippen molar-refractivity contribution >= 4 is 5.91 Å². The summed E-state index contributed by atoms with van der Waals surface area (Å²) < 4.78 is 36.3. The first-order chi connectivity index (χ1) is 9.28. The van der Waals surface area contributed by atoms with Crippen molar-refractivity contribution in [3.63, 3.8) is 0 Å². The van der Waals surface area contributed by atoms with Gasteiger partial charge in [-0.05, 0) is 19.1 Å². The minimum Gasteiger partial charge on any atom is -0.429 e. The second kappa shape index (κ2) is 6.78. The maximum atomic E-state index is 11.8. The zero-order valence-corrected chi connectivity index (χ0v) is 10.7. The molecule has 1 aromatic heterocycles. The van der Waals surface area contributed by atoms with E-state index >= 15 is 0 Å². The van der Waals surface area contributed by atoms with Crippen LogP contribution < -0.4 is 10.7 Å². The summed E-state index contributed by atoms with van der Waals surface area (Å²) in [4.78, 5) is 15.1. The fourth-order valence-electron chi connectivity index (χ4n) is 1.28. The molecule has 0 unspecified atom stereocenters. The molecule has 0 aromatic carbocycles. The van der Waals surface area contributed by atoms with Crippen molar-refractivity contribution < 1.29 is 23.2 Å². The molecule has 0 fully saturated rings. The van der Waals surface area contributed by atoms with Gasteiger partial charge in [0.05, 0.1) is 17.6 Å². The van der Waals surface area contributed by atoms with E-state index in [4.69, 9.17) is 0 Å². The number of carbonyl (C=O) groups is 1. The van der Waals surface area contributed by atoms with Crippen molar-refractivity contribution in [3.05, 3.63) is 41.5 Å². The number of alkyl halides is 3. The standard InChI is InChI=1S/C12H14F3N3O2/c1-9-8-10(3-7-18(9)20)16-5-6-17-11(19)2-4-12(13,14)15/h2-4,7-8,20H,5-6H2,1H3,(H,17,19)/b4-2+,16-10?. The van der Waals surface area contributed by atoms with Gasteiger partial charge in [-0.1, -0.05) is 0 Å². The molecular weight excluding hydrogens is 275 g/mol. The molecule has 20 heavy (non-hydrogen) atoms. The molecule has 0 radical (unpaired) electrons. The highest BCUT2D eigenvalue weighted by Crippen LogP contribution is 2.15. The largest absolute Gasteiger partial charge is 0.429 e. The number of pyridine rings is 1. The smallest absolute Gasteiger partial charge is 0.409 e. The third-order valence-electron chi connectivity index (χ3n) is 2.23. The average molecular weight is 289 g/mol. The number of halogens is 3. The van der Waals surface area contributed by atoms with Gasteiger partial charge in [0.25, 0.3) is 0 Å². The van der Waals surface area contributed by atoms with E-state index in [0.717, 1.165) is 4.73 Å². The summed E-state index contributed by atoms with van der Waals surface area (Å²) in [5.41, 5.74) is 0.586. The molecule has 0 saturated carbocycles. The highest BCUT2D eigenvalue weighted by Gasteiger charge is 2.22. The van der Waals surface area contributed by atoms with Crippen LogP contribution >= 0.6 is 0 Å². The lowest BCUT2D eigenvalue weighted by Gasteiger charge is -2.02. The van der Waals surface area contributed by atoms with E-state index in [2.05, 4.69) is 10.3 Å². The Labute approximate surface area is 113 Å². The van der Waals surface area contributed by atoms with Crippen molar-refractivity contribution in [2.75, 3.05) is 13.1 Å². The van der Waals surface area contributed by atoms with Gasteiger partial charge in [-0.25, -0.2) is 0 Å². The summed E-state index contributed by atoms with van der Waals surface area (Å²) in [5, 5.41) is 12.1. The summed E-state index contributed by atoms with van der Waals surface area (Å²) >= 11 is 0. The number of nitrogens with one attached hydrogen (secondary N) is 1. The van der Waals surface area contributed by atoms with Gasteiger partial charge in [0, 0.05) is 24.9 Å². The lowest BCUT2D eigenvalue weighted by atomic mass is 10.3. The van der Waals surface area contributed by atoms with Gasteiger partial charge < -0.3 is 10.5 Å². The molecule has 1 amide bonds. The average Bonchev–Trinajstić information content (AvgIpc) is 2.35. The number of allylic oxidation sites excluding steroid dienone is 1. The Morgan fingerprint density at radius 1 is 1.55 bits per heavy atom. The Kier molecular flexibility index (Phi) is 5.36. The molecule has 0 aliphatic carbocycles. The van der Waals surface area contributed by atoms with Crippen molar-refractivity contribution in [1.82, 2.24) is 10.0 Å². The topological polar surface area (TPSA) is 66.6 Å². The van der Waals surface area contributed by atoms with E-state index in [9.17, 15) is 23.2 Å². The Balaban J connectivity index is 2.43. The number of amides is 1. The van der Waals surface area contributed by atoms with Crippen LogP contribution in [0.4, 0.5) is 13.2 Å². The maximum Gasteiger partial charge on any atom is 0.409 e. The van der Waals surface area contributed by atoms with Crippen LogP contribution in [0, 0.1) is 6.92 Å². The first kappa shape index (κ1) is 15.8. The number of aryl methyl sites for hydroxylation is 1. The zero-order chi connectivity index (χ0) is 15.2. The summed E-state index contributed by atoms with van der Waals surface area (Å²) in [5.74, 6) is -0.824. The predicted octanol–water partition coefficient (Wildman–Crippen LogP) is 1.17. The van der Waals surface area contributed by atoms with E-state index in [1.54, 1.807) is 19.1 Å². The fraction of sp³-hybridized carbons (Fsp3) is 0.333. The van der Waals surface area contributed by atoms with E-state index in [-0.39, 0.29) is 19.2 Å². The third kappa shape index (κ3) is 6.07. The van der Waals surface area contributed by atoms with Crippen LogP contribution in [-0.4, -0.2) is 35.1 Å². The minimum absolute atomic E-state index is 0.119. The van der Waals surface area contributed by atoms with Gasteiger partial charge in [-0.15, -0.1) is 0 Å². The van der Waals surface area contributed by atoms with Crippen molar-refractivity contribution in [3.8, 4) is 0 Å². The van der Waals surface area contributed by atoms with Gasteiger partial charge >= 0.3 is 6.18 Å². The third-order valence-corrected chi connectivity index (χ3v) is 2.23. The van der Waals surface area contributed by atoms with Gasteiger partial charge in [-0.2, -0.15) is 17.9 Å². The van der Waals surface area contributed by atoms with Crippen LogP contribution in [0.1, 0.15) is 5.69 Å². The van der Waals surface area contributed by atoms with Crippen molar-refractivity contribution in [2.45, 2.75) is 13.1 Å². The van der Waals surface area contributed by atoms with Crippen LogP contribution in [-0.2, 0) is 4.79 Å². The second-order valence-corrected chi connectivity index (χ2v) is 3.92. The number of hydrogen-bond acceptors (Lipinski definition) is 3. The summed E-state index contributed by atoms with van der Waals surface area (Å²) in [6, 6.07) is 3.20. The van der Waals surface area contributed by atoms with Crippen molar-refractivity contribution in [1.29, 1.82) is 0 Å². The highest BCUT2D eigenvalue weighted by atomic mass is 19.4. The molecular formula is C12H14F3N3O2. The van der Waals surface area contributed by atoms with E-state index in [0.29, 0.717) is 17.1 Å². The highest BCUT2D eigenvalue weighted by molar-refractivity contribution is 5.87. The molecule has 0 atom stereocenters. The zero-order valence-electron chi connectivity index (χ0n) is 10.7. The molecule has 1 rings (SSSR count). The monoisotopic (exact) mass is 289 g/mol. The Morgan fingerprint density at radius 3 is 2.85 bits per heavy atom. The molecule has 0 bridgehead atoms. The van der Waals surface area contributed by atoms with E-state index in [1.165, 1.54) is 6.20 Å². The molecule has 1 heterocycles. The first-order valence-electron chi connectivity index (χ1n) is 5.71. The van der Waals surface area contributed by atoms with Crippen molar-refractivity contribution in [2.24, 2.45) is 4.99 Å². The quantitative estimate of drug-likeness (QED) is 0.496. The number of nitrogens with zero attached hydrogens (tertiary/aromatic N) is 2. The lowest BCUT2D eigenvalue weighted by molar-refractivity contribution is -0.117. The maximum absolute atomic E-state index is 11.8. The SMILES string of the molecule is Cc1cc(=NCCNC(=O)/C=C/C(F)(F)F)ccn1O. The molecule has 0 spiro atoms. The van der Waals surface area contributed by atoms with Crippen LogP contribution in [0.25, 0.3) is 0 Å². The second-order valence-electron chi connectivity index (χ2n) is 3.92. The van der Waals surface area contributed by atoms with Crippen LogP contribution in [0.3, 0.4) is 0 Å². The molecule has 110 valence electrons. The number of hydrogen-bond donors (Lipinski definition) is 2. The minimum atomic E-state index is -4.50. The van der Waals surface area contributed by atoms with Crippen LogP contribution in [0.15, 0.2) is 35.5 Å². The summed E-state index contributed by atoms with van der Waals surface area (Å²) in [6.07, 6.45) is -2.77. The summed E-state index contributed by atoms with van der Waals surface area (Å²) in [6.45, 7) is 2.03. The summed E-state index contributed by atoms with van der Waals surface area (Å²) in [7, 11) is 0. The normalized spacial score (nSPS) is 12.9. The molecule has 0 aliphatic rings. The molecule has 2 N–H and O–H groups in total. The Morgan fingerprint density at radius 2 is 2.25 bits per heavy atom. The van der Waals surface area contributed by atoms with Crippen LogP contribution in [0.5, 0.6) is 0 Å². The number of carbonyl (C=O) groups excluding carboxylic acids is 1. The molecule has 1 aromatic rings. The van der Waals surface area contributed by atoms with Gasteiger partial charge in [-0.3, -0.25) is 9.79 Å². The molecule has 8 heteroatoms. The predicted molar refractivity (Wildman–Crippen MR) is 65.0 cm³/mol. The Bertz CT molecular complexity index is 562. The Hall–Kier alpha value is -2.25.